The standard InChI is InChI=1S/C25H20F3N5O2/c26-25(27,28)22-14-21(33(32-22)20-11-4-6-16(12-20)15-29)24(35)31-19-10-5-7-17(13-19)23(34)30-18-8-2-1-3-9-18/h1-14H,15,29H2,(H,30,34)(H,31,35). The normalized spacial score (nSPS) is 11.2. The van der Waals surface area contributed by atoms with Gasteiger partial charge in [0.25, 0.3) is 11.8 Å². The number of halogens is 3. The highest BCUT2D eigenvalue weighted by Crippen LogP contribution is 2.30. The molecule has 3 aromatic carbocycles. The van der Waals surface area contributed by atoms with E-state index in [4.69, 9.17) is 5.73 Å². The van der Waals surface area contributed by atoms with Gasteiger partial charge in [-0.25, -0.2) is 4.68 Å². The Balaban J connectivity index is 1.62. The number of carbonyl (C=O) groups is 2. The first-order valence-electron chi connectivity index (χ1n) is 10.5. The van der Waals surface area contributed by atoms with E-state index in [2.05, 4.69) is 15.7 Å². The van der Waals surface area contributed by atoms with Crippen molar-refractivity contribution in [1.29, 1.82) is 0 Å². The molecule has 4 N–H and O–H groups in total. The van der Waals surface area contributed by atoms with E-state index in [1.54, 1.807) is 54.6 Å². The average Bonchev–Trinajstić information content (AvgIpc) is 3.31. The molecule has 0 atom stereocenters. The Morgan fingerprint density at radius 3 is 2.23 bits per heavy atom. The topological polar surface area (TPSA) is 102 Å². The third kappa shape index (κ3) is 5.56. The number of para-hydroxylation sites is 1. The summed E-state index contributed by atoms with van der Waals surface area (Å²) in [6.45, 7) is 0.167. The van der Waals surface area contributed by atoms with E-state index in [-0.39, 0.29) is 29.2 Å². The number of nitrogens with zero attached hydrogens (tertiary/aromatic N) is 2. The Bertz CT molecular complexity index is 1370. The number of rotatable bonds is 6. The maximum atomic E-state index is 13.4. The lowest BCUT2D eigenvalue weighted by atomic mass is 10.1. The van der Waals surface area contributed by atoms with E-state index in [0.717, 1.165) is 4.68 Å². The number of amides is 2. The minimum Gasteiger partial charge on any atom is -0.326 e. The van der Waals surface area contributed by atoms with Crippen molar-refractivity contribution in [3.8, 4) is 5.69 Å². The second-order valence-corrected chi connectivity index (χ2v) is 7.55. The first-order valence-corrected chi connectivity index (χ1v) is 10.5. The number of nitrogens with one attached hydrogen (secondary N) is 2. The quantitative estimate of drug-likeness (QED) is 0.368. The van der Waals surface area contributed by atoms with Gasteiger partial charge in [0.15, 0.2) is 5.69 Å². The zero-order valence-corrected chi connectivity index (χ0v) is 18.2. The molecule has 178 valence electrons. The van der Waals surface area contributed by atoms with Gasteiger partial charge in [0.05, 0.1) is 5.69 Å². The van der Waals surface area contributed by atoms with Crippen LogP contribution < -0.4 is 16.4 Å². The maximum Gasteiger partial charge on any atom is 0.435 e. The van der Waals surface area contributed by atoms with Crippen molar-refractivity contribution in [3.05, 3.63) is 107 Å². The molecular weight excluding hydrogens is 459 g/mol. The number of carbonyl (C=O) groups excluding carboxylic acids is 2. The van der Waals surface area contributed by atoms with Crippen LogP contribution >= 0.6 is 0 Å². The summed E-state index contributed by atoms with van der Waals surface area (Å²) >= 11 is 0. The molecule has 35 heavy (non-hydrogen) atoms. The highest BCUT2D eigenvalue weighted by molar-refractivity contribution is 6.07. The molecule has 0 spiro atoms. The second-order valence-electron chi connectivity index (χ2n) is 7.55. The van der Waals surface area contributed by atoms with Crippen LogP contribution in [0.1, 0.15) is 32.1 Å². The van der Waals surface area contributed by atoms with Crippen LogP contribution in [0.3, 0.4) is 0 Å². The molecule has 4 rings (SSSR count). The number of anilines is 2. The molecule has 0 aliphatic rings. The summed E-state index contributed by atoms with van der Waals surface area (Å²) < 4.78 is 41.1. The number of nitrogens with two attached hydrogens (primary N) is 1. The van der Waals surface area contributed by atoms with E-state index in [1.807, 2.05) is 6.07 Å². The lowest BCUT2D eigenvalue weighted by Crippen LogP contribution is -2.18. The highest BCUT2D eigenvalue weighted by atomic mass is 19.4. The van der Waals surface area contributed by atoms with Crippen LogP contribution in [-0.2, 0) is 12.7 Å². The van der Waals surface area contributed by atoms with Gasteiger partial charge >= 0.3 is 6.18 Å². The van der Waals surface area contributed by atoms with Crippen LogP contribution in [0, 0.1) is 0 Å². The molecule has 1 aromatic heterocycles. The fourth-order valence-electron chi connectivity index (χ4n) is 3.35. The summed E-state index contributed by atoms with van der Waals surface area (Å²) in [6.07, 6.45) is -4.75. The largest absolute Gasteiger partial charge is 0.435 e. The van der Waals surface area contributed by atoms with Gasteiger partial charge in [0, 0.05) is 29.5 Å². The Morgan fingerprint density at radius 2 is 1.51 bits per heavy atom. The maximum absolute atomic E-state index is 13.4. The zero-order chi connectivity index (χ0) is 25.0. The number of hydrogen-bond donors (Lipinski definition) is 3. The van der Waals surface area contributed by atoms with Crippen LogP contribution in [0.15, 0.2) is 84.9 Å². The zero-order valence-electron chi connectivity index (χ0n) is 18.2. The van der Waals surface area contributed by atoms with Crippen LogP contribution in [-0.4, -0.2) is 21.6 Å². The predicted molar refractivity (Wildman–Crippen MR) is 125 cm³/mol. The summed E-state index contributed by atoms with van der Waals surface area (Å²) in [5.41, 5.74) is 6.09. The van der Waals surface area contributed by atoms with Gasteiger partial charge in [-0.05, 0) is 48.0 Å². The summed E-state index contributed by atoms with van der Waals surface area (Å²) in [5.74, 6) is -1.23. The Kier molecular flexibility index (Phi) is 6.65. The second kappa shape index (κ2) is 9.82. The Morgan fingerprint density at radius 1 is 0.829 bits per heavy atom. The molecule has 7 nitrogen and oxygen atoms in total. The summed E-state index contributed by atoms with van der Waals surface area (Å²) in [6, 6.07) is 21.9. The van der Waals surface area contributed by atoms with Gasteiger partial charge < -0.3 is 16.4 Å². The van der Waals surface area contributed by atoms with Crippen LogP contribution in [0.5, 0.6) is 0 Å². The molecule has 0 saturated heterocycles. The van der Waals surface area contributed by atoms with Gasteiger partial charge in [-0.3, -0.25) is 9.59 Å². The van der Waals surface area contributed by atoms with Crippen molar-refractivity contribution in [2.45, 2.75) is 12.7 Å². The minimum absolute atomic E-state index is 0.167. The summed E-state index contributed by atoms with van der Waals surface area (Å²) in [4.78, 5) is 25.6. The molecule has 2 amide bonds. The molecule has 10 heteroatoms. The lowest BCUT2D eigenvalue weighted by Gasteiger charge is -2.11. The Hall–Kier alpha value is -4.44. The molecule has 0 radical (unpaired) electrons. The molecule has 0 fully saturated rings. The van der Waals surface area contributed by atoms with Gasteiger partial charge in [0.1, 0.15) is 5.69 Å². The Labute approximate surface area is 198 Å². The third-order valence-corrected chi connectivity index (χ3v) is 5.04. The van der Waals surface area contributed by atoms with Crippen molar-refractivity contribution in [1.82, 2.24) is 9.78 Å². The number of hydrogen-bond acceptors (Lipinski definition) is 4. The van der Waals surface area contributed by atoms with E-state index in [1.165, 1.54) is 18.2 Å². The molecule has 0 unspecified atom stereocenters. The molecule has 4 aromatic rings. The average molecular weight is 479 g/mol. The first kappa shape index (κ1) is 23.7. The molecule has 0 bridgehead atoms. The molecule has 0 aliphatic heterocycles. The van der Waals surface area contributed by atoms with Crippen LogP contribution in [0.25, 0.3) is 5.69 Å². The number of benzene rings is 3. The molecule has 0 aliphatic carbocycles. The van der Waals surface area contributed by atoms with Gasteiger partial charge in [-0.2, -0.15) is 18.3 Å². The van der Waals surface area contributed by atoms with Crippen LogP contribution in [0.4, 0.5) is 24.5 Å². The van der Waals surface area contributed by atoms with Gasteiger partial charge in [-0.1, -0.05) is 36.4 Å². The third-order valence-electron chi connectivity index (χ3n) is 5.04. The van der Waals surface area contributed by atoms with E-state index in [9.17, 15) is 22.8 Å². The smallest absolute Gasteiger partial charge is 0.326 e. The predicted octanol–water partition coefficient (Wildman–Crippen LogP) is 4.85. The van der Waals surface area contributed by atoms with Crippen molar-refractivity contribution >= 4 is 23.2 Å². The first-order chi connectivity index (χ1) is 16.7. The van der Waals surface area contributed by atoms with Crippen molar-refractivity contribution in [3.63, 3.8) is 0 Å². The molecule has 1 heterocycles. The summed E-state index contributed by atoms with van der Waals surface area (Å²) in [5, 5.41) is 8.89. The van der Waals surface area contributed by atoms with E-state index >= 15 is 0 Å². The molecular formula is C25H20F3N5O2. The van der Waals surface area contributed by atoms with E-state index in [0.29, 0.717) is 17.3 Å². The molecule has 0 saturated carbocycles. The minimum atomic E-state index is -4.75. The fraction of sp³-hybridized carbons (Fsp3) is 0.0800. The number of alkyl halides is 3. The monoisotopic (exact) mass is 479 g/mol. The van der Waals surface area contributed by atoms with Crippen molar-refractivity contribution in [2.24, 2.45) is 5.73 Å². The van der Waals surface area contributed by atoms with Crippen LogP contribution in [0.2, 0.25) is 0 Å². The van der Waals surface area contributed by atoms with Crippen molar-refractivity contribution in [2.75, 3.05) is 10.6 Å². The van der Waals surface area contributed by atoms with Gasteiger partial charge in [0.2, 0.25) is 0 Å². The number of aromatic nitrogens is 2. The van der Waals surface area contributed by atoms with Gasteiger partial charge in [-0.15, -0.1) is 0 Å². The SMILES string of the molecule is NCc1cccc(-n2nc(C(F)(F)F)cc2C(=O)Nc2cccc(C(=O)Nc3ccccc3)c2)c1. The lowest BCUT2D eigenvalue weighted by molar-refractivity contribution is -0.141. The fourth-order valence-corrected chi connectivity index (χ4v) is 3.35. The highest BCUT2D eigenvalue weighted by Gasteiger charge is 2.36. The van der Waals surface area contributed by atoms with E-state index < -0.39 is 23.7 Å². The van der Waals surface area contributed by atoms with Crippen molar-refractivity contribution < 1.29 is 22.8 Å². The summed E-state index contributed by atoms with van der Waals surface area (Å²) in [7, 11) is 0.